The first-order valence-electron chi connectivity index (χ1n) is 12.2. The number of carbonyl (C=O) groups excluding carboxylic acids is 3. The number of esters is 1. The molecule has 5 aliphatic rings. The molecule has 0 amide bonds. The van der Waals surface area contributed by atoms with Gasteiger partial charge < -0.3 is 14.6 Å². The van der Waals surface area contributed by atoms with E-state index < -0.39 is 28.6 Å². The minimum Gasteiger partial charge on any atom is -0.462 e. The summed E-state index contributed by atoms with van der Waals surface area (Å²) in [7, 11) is 0. The van der Waals surface area contributed by atoms with Crippen molar-refractivity contribution in [2.24, 2.45) is 34.0 Å². The van der Waals surface area contributed by atoms with E-state index in [0.717, 1.165) is 11.1 Å². The number of fused-ring (bicyclic) bond motifs is 4. The van der Waals surface area contributed by atoms with Crippen LogP contribution in [0.1, 0.15) is 60.3 Å². The maximum atomic E-state index is 13.8. The first-order chi connectivity index (χ1) is 15.8. The van der Waals surface area contributed by atoms with Gasteiger partial charge >= 0.3 is 5.97 Å². The highest BCUT2D eigenvalue weighted by Gasteiger charge is 2.67. The number of hydrogen-bond donors (Lipinski definition) is 1. The van der Waals surface area contributed by atoms with Crippen molar-refractivity contribution >= 4 is 17.5 Å². The van der Waals surface area contributed by atoms with E-state index in [9.17, 15) is 19.5 Å². The second kappa shape index (κ2) is 7.27. The van der Waals surface area contributed by atoms with Gasteiger partial charge in [-0.05, 0) is 48.7 Å². The van der Waals surface area contributed by atoms with Gasteiger partial charge in [0.15, 0.2) is 11.6 Å². The van der Waals surface area contributed by atoms with Crippen molar-refractivity contribution < 1.29 is 29.0 Å². The maximum Gasteiger partial charge on any atom is 0.302 e. The van der Waals surface area contributed by atoms with Gasteiger partial charge in [0.05, 0.1) is 0 Å². The lowest BCUT2D eigenvalue weighted by Gasteiger charge is -2.63. The fourth-order valence-corrected chi connectivity index (χ4v) is 8.08. The molecule has 7 unspecified atom stereocenters. The van der Waals surface area contributed by atoms with Crippen molar-refractivity contribution in [1.82, 2.24) is 0 Å². The molecule has 0 aromatic rings. The Kier molecular flexibility index (Phi) is 4.98. The monoisotopic (exact) mass is 466 g/mol. The van der Waals surface area contributed by atoms with Gasteiger partial charge in [-0.1, -0.05) is 45.9 Å². The van der Waals surface area contributed by atoms with Crippen molar-refractivity contribution in [3.8, 4) is 0 Å². The van der Waals surface area contributed by atoms with Crippen LogP contribution in [0.5, 0.6) is 0 Å². The number of ketones is 2. The highest BCUT2D eigenvalue weighted by molar-refractivity contribution is 6.00. The summed E-state index contributed by atoms with van der Waals surface area (Å²) in [6.45, 7) is 13.5. The lowest BCUT2D eigenvalue weighted by molar-refractivity contribution is -0.181. The predicted octanol–water partition coefficient (Wildman–Crippen LogP) is 4.20. The molecule has 5 rings (SSSR count). The van der Waals surface area contributed by atoms with E-state index in [1.54, 1.807) is 12.2 Å². The van der Waals surface area contributed by atoms with Gasteiger partial charge in [0.25, 0.3) is 0 Å². The molecule has 1 aliphatic heterocycles. The molecule has 0 aromatic heterocycles. The van der Waals surface area contributed by atoms with Crippen LogP contribution < -0.4 is 0 Å². The molecule has 0 radical (unpaired) electrons. The van der Waals surface area contributed by atoms with Crippen LogP contribution in [0, 0.1) is 34.0 Å². The van der Waals surface area contributed by atoms with Crippen molar-refractivity contribution in [2.45, 2.75) is 72.7 Å². The normalized spacial score (nSPS) is 42.6. The average molecular weight is 467 g/mol. The highest BCUT2D eigenvalue weighted by Crippen LogP contribution is 2.68. The van der Waals surface area contributed by atoms with Gasteiger partial charge in [0, 0.05) is 41.2 Å². The van der Waals surface area contributed by atoms with E-state index in [2.05, 4.69) is 20.4 Å². The van der Waals surface area contributed by atoms with E-state index in [4.69, 9.17) is 9.47 Å². The molecule has 0 bridgehead atoms. The zero-order valence-electron chi connectivity index (χ0n) is 20.6. The molecule has 6 nitrogen and oxygen atoms in total. The second-order valence-electron chi connectivity index (χ2n) is 11.7. The quantitative estimate of drug-likeness (QED) is 0.614. The SMILES string of the molecule is C=C1C=C(C2CCC3=C2C(=O)CC2C4(C)C=CC(=O)C(C)(C)C4CC(OC(C)=O)C32C)C(O)O1. The topological polar surface area (TPSA) is 89.9 Å². The van der Waals surface area contributed by atoms with Crippen LogP contribution in [-0.2, 0) is 23.9 Å². The van der Waals surface area contributed by atoms with Crippen molar-refractivity contribution in [3.63, 3.8) is 0 Å². The predicted molar refractivity (Wildman–Crippen MR) is 125 cm³/mol. The molecule has 0 aromatic carbocycles. The fraction of sp³-hybridized carbons (Fsp3) is 0.607. The minimum atomic E-state index is -1.09. The highest BCUT2D eigenvalue weighted by atomic mass is 16.6. The van der Waals surface area contributed by atoms with Gasteiger partial charge in [-0.3, -0.25) is 14.4 Å². The van der Waals surface area contributed by atoms with Crippen molar-refractivity contribution in [3.05, 3.63) is 47.3 Å². The van der Waals surface area contributed by atoms with Gasteiger partial charge in [-0.2, -0.15) is 0 Å². The lowest BCUT2D eigenvalue weighted by atomic mass is 9.41. The number of ether oxygens (including phenoxy) is 2. The molecule has 0 spiro atoms. The van der Waals surface area contributed by atoms with Gasteiger partial charge in [0.1, 0.15) is 11.9 Å². The summed E-state index contributed by atoms with van der Waals surface area (Å²) in [5.74, 6) is -0.181. The lowest BCUT2D eigenvalue weighted by Crippen LogP contribution is -2.63. The molecular formula is C28H34O6. The third-order valence-electron chi connectivity index (χ3n) is 9.73. The standard InChI is InChI=1S/C28H34O6/c1-14-11-17(25(32)33-14)16-7-8-18-24(16)19(30)12-21-27(5)10-9-22(31)26(3,4)20(27)13-23(28(18,21)6)34-15(2)29/h9-11,16,20-21,23,25,32H,1,7-8,12-13H2,2-6H3. The molecular weight excluding hydrogens is 432 g/mol. The molecule has 7 atom stereocenters. The number of aliphatic hydroxyl groups excluding tert-OH is 1. The number of carbonyl (C=O) groups is 3. The van der Waals surface area contributed by atoms with E-state index in [1.165, 1.54) is 6.92 Å². The summed E-state index contributed by atoms with van der Waals surface area (Å²) in [4.78, 5) is 38.9. The van der Waals surface area contributed by atoms with E-state index in [-0.39, 0.29) is 35.3 Å². The summed E-state index contributed by atoms with van der Waals surface area (Å²) in [6, 6.07) is 0. The third-order valence-corrected chi connectivity index (χ3v) is 9.73. The summed E-state index contributed by atoms with van der Waals surface area (Å²) >= 11 is 0. The van der Waals surface area contributed by atoms with Gasteiger partial charge in [-0.25, -0.2) is 0 Å². The number of allylic oxidation sites excluding steroid dienone is 4. The zero-order chi connectivity index (χ0) is 24.8. The molecule has 34 heavy (non-hydrogen) atoms. The Balaban J connectivity index is 1.68. The van der Waals surface area contributed by atoms with Crippen LogP contribution >= 0.6 is 0 Å². The summed E-state index contributed by atoms with van der Waals surface area (Å²) < 4.78 is 11.4. The second-order valence-corrected chi connectivity index (χ2v) is 11.7. The molecule has 1 fully saturated rings. The first kappa shape index (κ1) is 23.3. The molecule has 1 heterocycles. The van der Waals surface area contributed by atoms with Gasteiger partial charge in [-0.15, -0.1) is 0 Å². The largest absolute Gasteiger partial charge is 0.462 e. The molecule has 6 heteroatoms. The smallest absolute Gasteiger partial charge is 0.302 e. The Morgan fingerprint density at radius 1 is 1.21 bits per heavy atom. The Hall–Kier alpha value is -2.47. The molecule has 4 aliphatic carbocycles. The molecule has 1 saturated carbocycles. The van der Waals surface area contributed by atoms with Crippen LogP contribution in [0.25, 0.3) is 0 Å². The van der Waals surface area contributed by atoms with Crippen LogP contribution in [0.2, 0.25) is 0 Å². The van der Waals surface area contributed by atoms with E-state index in [1.807, 2.05) is 19.9 Å². The Morgan fingerprint density at radius 2 is 1.91 bits per heavy atom. The van der Waals surface area contributed by atoms with Crippen LogP contribution in [0.3, 0.4) is 0 Å². The number of Topliss-reactive ketones (excluding diaryl/α,β-unsaturated/α-hetero) is 1. The molecule has 182 valence electrons. The van der Waals surface area contributed by atoms with Gasteiger partial charge in [0.2, 0.25) is 6.29 Å². The Bertz CT molecular complexity index is 1110. The summed E-state index contributed by atoms with van der Waals surface area (Å²) in [6.07, 6.45) is 6.20. The average Bonchev–Trinajstić information content (AvgIpc) is 3.32. The number of aliphatic hydroxyl groups is 1. The molecule has 0 saturated heterocycles. The van der Waals surface area contributed by atoms with E-state index in [0.29, 0.717) is 37.0 Å². The maximum absolute atomic E-state index is 13.8. The first-order valence-corrected chi connectivity index (χ1v) is 12.2. The zero-order valence-corrected chi connectivity index (χ0v) is 20.6. The van der Waals surface area contributed by atoms with Crippen LogP contribution in [-0.4, -0.2) is 35.0 Å². The van der Waals surface area contributed by atoms with Crippen molar-refractivity contribution in [2.75, 3.05) is 0 Å². The number of rotatable bonds is 2. The van der Waals surface area contributed by atoms with Crippen molar-refractivity contribution in [1.29, 1.82) is 0 Å². The minimum absolute atomic E-state index is 0.0526. The Morgan fingerprint density at radius 3 is 2.53 bits per heavy atom. The Labute approximate surface area is 200 Å². The van der Waals surface area contributed by atoms with Crippen LogP contribution in [0.15, 0.2) is 47.3 Å². The summed E-state index contributed by atoms with van der Waals surface area (Å²) in [5, 5.41) is 10.4. The third kappa shape index (κ3) is 2.93. The van der Waals surface area contributed by atoms with E-state index >= 15 is 0 Å². The summed E-state index contributed by atoms with van der Waals surface area (Å²) in [5.41, 5.74) is 0.917. The molecule has 1 N–H and O–H groups in total. The van der Waals surface area contributed by atoms with Crippen LogP contribution in [0.4, 0.5) is 0 Å². The fourth-order valence-electron chi connectivity index (χ4n) is 8.08. The number of hydrogen-bond acceptors (Lipinski definition) is 6.